The van der Waals surface area contributed by atoms with E-state index in [1.54, 1.807) is 11.1 Å². The molecule has 0 aliphatic heterocycles. The Morgan fingerprint density at radius 3 is 1.06 bits per heavy atom. The molecule has 0 unspecified atom stereocenters. The van der Waals surface area contributed by atoms with Gasteiger partial charge in [-0.2, -0.15) is 0 Å². The van der Waals surface area contributed by atoms with Crippen LogP contribution >= 0.6 is 0 Å². The van der Waals surface area contributed by atoms with Crippen LogP contribution in [0.25, 0.3) is 0 Å². The average molecular weight is 246 g/mol. The molecule has 0 radical (unpaired) electrons. The number of hydrogen-bond donors (Lipinski definition) is 0. The SMILES string of the molecule is CC1(C)CC=C(C2=CCC(C)(C)C2(C)C)C1(C)C. The summed E-state index contributed by atoms with van der Waals surface area (Å²) in [5.74, 6) is 0. The van der Waals surface area contributed by atoms with Crippen LogP contribution < -0.4 is 0 Å². The third kappa shape index (κ3) is 1.57. The van der Waals surface area contributed by atoms with Crippen molar-refractivity contribution in [3.05, 3.63) is 23.3 Å². The molecule has 2 aliphatic rings. The zero-order valence-corrected chi connectivity index (χ0v) is 13.6. The highest BCUT2D eigenvalue weighted by Crippen LogP contribution is 2.62. The summed E-state index contributed by atoms with van der Waals surface area (Å²) in [7, 11) is 0. The van der Waals surface area contributed by atoms with Crippen molar-refractivity contribution in [2.24, 2.45) is 21.7 Å². The molecule has 0 aromatic heterocycles. The standard InChI is InChI=1S/C18H30/c1-15(2)11-9-13(17(15,5)6)14-10-12-16(3,4)18(14,7)8/h9-10H,11-12H2,1-8H3. The Bertz CT molecular complexity index is 383. The van der Waals surface area contributed by atoms with Crippen LogP contribution in [0, 0.1) is 21.7 Å². The lowest BCUT2D eigenvalue weighted by molar-refractivity contribution is 0.155. The van der Waals surface area contributed by atoms with Gasteiger partial charge in [-0.3, -0.25) is 0 Å². The Kier molecular flexibility index (Phi) is 2.72. The van der Waals surface area contributed by atoms with Gasteiger partial charge < -0.3 is 0 Å². The zero-order valence-electron chi connectivity index (χ0n) is 13.6. The molecule has 0 saturated carbocycles. The summed E-state index contributed by atoms with van der Waals surface area (Å²) in [6.07, 6.45) is 7.44. The Morgan fingerprint density at radius 1 is 0.611 bits per heavy atom. The first-order valence-corrected chi connectivity index (χ1v) is 7.35. The van der Waals surface area contributed by atoms with E-state index in [9.17, 15) is 0 Å². The maximum Gasteiger partial charge on any atom is -0.00498 e. The molecule has 2 rings (SSSR count). The molecule has 0 nitrogen and oxygen atoms in total. The van der Waals surface area contributed by atoms with Crippen LogP contribution in [0.1, 0.15) is 68.2 Å². The summed E-state index contributed by atoms with van der Waals surface area (Å²) < 4.78 is 0. The van der Waals surface area contributed by atoms with Gasteiger partial charge in [0.05, 0.1) is 0 Å². The van der Waals surface area contributed by atoms with E-state index in [-0.39, 0.29) is 10.8 Å². The predicted octanol–water partition coefficient (Wildman–Crippen LogP) is 5.75. The summed E-state index contributed by atoms with van der Waals surface area (Å²) in [5, 5.41) is 0. The smallest absolute Gasteiger partial charge is 0.00498 e. The fourth-order valence-corrected chi connectivity index (χ4v) is 3.36. The van der Waals surface area contributed by atoms with Crippen LogP contribution in [0.2, 0.25) is 0 Å². The molecule has 0 spiro atoms. The average Bonchev–Trinajstić information content (AvgIpc) is 2.50. The van der Waals surface area contributed by atoms with Crippen molar-refractivity contribution in [1.82, 2.24) is 0 Å². The molecule has 0 heteroatoms. The fraction of sp³-hybridized carbons (Fsp3) is 0.778. The first-order valence-electron chi connectivity index (χ1n) is 7.35. The fourth-order valence-electron chi connectivity index (χ4n) is 3.36. The molecule has 0 saturated heterocycles. The number of allylic oxidation sites excluding steroid dienone is 4. The van der Waals surface area contributed by atoms with Gasteiger partial charge in [0.2, 0.25) is 0 Å². The largest absolute Gasteiger partial charge is 0.0799 e. The molecule has 18 heavy (non-hydrogen) atoms. The van der Waals surface area contributed by atoms with E-state index in [0.717, 1.165) is 0 Å². The Labute approximate surface area is 114 Å². The lowest BCUT2D eigenvalue weighted by atomic mass is 9.60. The molecule has 0 aromatic carbocycles. The van der Waals surface area contributed by atoms with E-state index in [1.807, 2.05) is 0 Å². The van der Waals surface area contributed by atoms with Crippen LogP contribution in [0.5, 0.6) is 0 Å². The monoisotopic (exact) mass is 246 g/mol. The Balaban J connectivity index is 2.43. The normalized spacial score (nSPS) is 31.1. The highest BCUT2D eigenvalue weighted by Gasteiger charge is 2.51. The molecule has 0 aromatic rings. The lowest BCUT2D eigenvalue weighted by Crippen LogP contribution is -2.35. The van der Waals surface area contributed by atoms with Crippen LogP contribution in [-0.4, -0.2) is 0 Å². The van der Waals surface area contributed by atoms with Crippen molar-refractivity contribution < 1.29 is 0 Å². The van der Waals surface area contributed by atoms with E-state index in [4.69, 9.17) is 0 Å². The van der Waals surface area contributed by atoms with Gasteiger partial charge in [0.25, 0.3) is 0 Å². The minimum absolute atomic E-state index is 0.288. The van der Waals surface area contributed by atoms with Crippen molar-refractivity contribution >= 4 is 0 Å². The second kappa shape index (κ2) is 3.52. The minimum atomic E-state index is 0.288. The second-order valence-electron chi connectivity index (χ2n) is 8.66. The van der Waals surface area contributed by atoms with Crippen molar-refractivity contribution in [2.45, 2.75) is 68.2 Å². The van der Waals surface area contributed by atoms with Crippen LogP contribution in [-0.2, 0) is 0 Å². The molecular formula is C18H30. The van der Waals surface area contributed by atoms with E-state index in [2.05, 4.69) is 67.5 Å². The van der Waals surface area contributed by atoms with Gasteiger partial charge in [-0.25, -0.2) is 0 Å². The van der Waals surface area contributed by atoms with E-state index in [1.165, 1.54) is 12.8 Å². The molecule has 0 heterocycles. The minimum Gasteiger partial charge on any atom is -0.0799 e. The van der Waals surface area contributed by atoms with Crippen LogP contribution in [0.4, 0.5) is 0 Å². The summed E-state index contributed by atoms with van der Waals surface area (Å²) in [6.45, 7) is 19.3. The summed E-state index contributed by atoms with van der Waals surface area (Å²) >= 11 is 0. The van der Waals surface area contributed by atoms with Gasteiger partial charge in [0, 0.05) is 0 Å². The van der Waals surface area contributed by atoms with Gasteiger partial charge in [-0.1, -0.05) is 67.5 Å². The molecule has 0 N–H and O–H groups in total. The van der Waals surface area contributed by atoms with Crippen LogP contribution in [0.3, 0.4) is 0 Å². The summed E-state index contributed by atoms with van der Waals surface area (Å²) in [4.78, 5) is 0. The van der Waals surface area contributed by atoms with Crippen molar-refractivity contribution in [3.63, 3.8) is 0 Å². The van der Waals surface area contributed by atoms with E-state index in [0.29, 0.717) is 10.8 Å². The first kappa shape index (κ1) is 13.9. The zero-order chi connectivity index (χ0) is 14.0. The maximum atomic E-state index is 2.51. The van der Waals surface area contributed by atoms with E-state index < -0.39 is 0 Å². The van der Waals surface area contributed by atoms with E-state index >= 15 is 0 Å². The predicted molar refractivity (Wildman–Crippen MR) is 80.5 cm³/mol. The number of hydrogen-bond acceptors (Lipinski definition) is 0. The third-order valence-electron chi connectivity index (χ3n) is 6.65. The Hall–Kier alpha value is -0.520. The molecule has 0 amide bonds. The molecule has 0 bridgehead atoms. The van der Waals surface area contributed by atoms with Gasteiger partial charge in [-0.05, 0) is 45.6 Å². The van der Waals surface area contributed by atoms with Crippen LogP contribution in [0.15, 0.2) is 23.3 Å². The molecule has 0 atom stereocenters. The topological polar surface area (TPSA) is 0 Å². The lowest BCUT2D eigenvalue weighted by Gasteiger charge is -2.44. The molecular weight excluding hydrogens is 216 g/mol. The molecule has 2 aliphatic carbocycles. The molecule has 102 valence electrons. The quantitative estimate of drug-likeness (QED) is 0.552. The first-order chi connectivity index (χ1) is 7.93. The van der Waals surface area contributed by atoms with Crippen molar-refractivity contribution in [3.8, 4) is 0 Å². The van der Waals surface area contributed by atoms with Gasteiger partial charge in [0.15, 0.2) is 0 Å². The number of rotatable bonds is 1. The maximum absolute atomic E-state index is 2.51. The molecule has 0 fully saturated rings. The summed E-state index contributed by atoms with van der Waals surface area (Å²) in [5.41, 5.74) is 4.57. The summed E-state index contributed by atoms with van der Waals surface area (Å²) in [6, 6.07) is 0. The Morgan fingerprint density at radius 2 is 0.889 bits per heavy atom. The van der Waals surface area contributed by atoms with Crippen molar-refractivity contribution in [1.29, 1.82) is 0 Å². The van der Waals surface area contributed by atoms with Gasteiger partial charge in [-0.15, -0.1) is 0 Å². The third-order valence-corrected chi connectivity index (χ3v) is 6.65. The highest BCUT2D eigenvalue weighted by atomic mass is 14.6. The van der Waals surface area contributed by atoms with Gasteiger partial charge >= 0.3 is 0 Å². The van der Waals surface area contributed by atoms with Gasteiger partial charge in [0.1, 0.15) is 0 Å². The van der Waals surface area contributed by atoms with Crippen molar-refractivity contribution in [2.75, 3.05) is 0 Å². The second-order valence-corrected chi connectivity index (χ2v) is 8.66. The highest BCUT2D eigenvalue weighted by molar-refractivity contribution is 5.47.